The average Bonchev–Trinajstić information content (AvgIpc) is 2.67. The maximum absolute atomic E-state index is 11.9. The first-order valence-corrected chi connectivity index (χ1v) is 9.14. The van der Waals surface area contributed by atoms with Crippen LogP contribution in [0.1, 0.15) is 31.2 Å². The topological polar surface area (TPSA) is 41.6 Å². The van der Waals surface area contributed by atoms with Gasteiger partial charge in [0.2, 0.25) is 5.91 Å². The lowest BCUT2D eigenvalue weighted by Crippen LogP contribution is -2.45. The number of piperidine rings is 1. The zero-order chi connectivity index (χ0) is 16.6. The van der Waals surface area contributed by atoms with E-state index in [9.17, 15) is 4.79 Å². The minimum Gasteiger partial charge on any atom is -0.381 e. The van der Waals surface area contributed by atoms with Crippen molar-refractivity contribution in [1.29, 1.82) is 0 Å². The zero-order valence-electron chi connectivity index (χ0n) is 14.3. The van der Waals surface area contributed by atoms with Gasteiger partial charge in [0.15, 0.2) is 0 Å². The van der Waals surface area contributed by atoms with Gasteiger partial charge in [0, 0.05) is 31.9 Å². The molecule has 24 heavy (non-hydrogen) atoms. The quantitative estimate of drug-likeness (QED) is 0.845. The lowest BCUT2D eigenvalue weighted by atomic mass is 9.94. The van der Waals surface area contributed by atoms with Gasteiger partial charge in [0.1, 0.15) is 0 Å². The van der Waals surface area contributed by atoms with Crippen LogP contribution >= 0.6 is 0 Å². The molecule has 0 radical (unpaired) electrons. The van der Waals surface area contributed by atoms with Crippen molar-refractivity contribution >= 4 is 12.0 Å². The molecule has 2 aliphatic heterocycles. The largest absolute Gasteiger partial charge is 0.381 e. The molecule has 0 atom stereocenters. The average molecular weight is 328 g/mol. The van der Waals surface area contributed by atoms with Crippen LogP contribution in [0.5, 0.6) is 0 Å². The van der Waals surface area contributed by atoms with E-state index in [1.807, 2.05) is 36.4 Å². The van der Waals surface area contributed by atoms with E-state index in [1.165, 1.54) is 25.7 Å². The number of rotatable bonds is 5. The molecule has 3 rings (SSSR count). The van der Waals surface area contributed by atoms with Gasteiger partial charge in [-0.15, -0.1) is 0 Å². The first-order chi connectivity index (χ1) is 11.8. The van der Waals surface area contributed by atoms with Crippen LogP contribution in [0.4, 0.5) is 0 Å². The van der Waals surface area contributed by atoms with Crippen LogP contribution in [0, 0.1) is 5.92 Å². The normalized spacial score (nSPS) is 21.2. The van der Waals surface area contributed by atoms with Gasteiger partial charge in [-0.05, 0) is 56.3 Å². The highest BCUT2D eigenvalue weighted by atomic mass is 16.5. The Balaban J connectivity index is 1.35. The molecule has 0 bridgehead atoms. The van der Waals surface area contributed by atoms with E-state index in [0.717, 1.165) is 38.4 Å². The fourth-order valence-electron chi connectivity index (χ4n) is 3.61. The predicted octanol–water partition coefficient (Wildman–Crippen LogP) is 2.71. The number of carbonyl (C=O) groups is 1. The molecule has 0 aromatic heterocycles. The smallest absolute Gasteiger partial charge is 0.244 e. The highest BCUT2D eigenvalue weighted by Gasteiger charge is 2.26. The Labute approximate surface area is 144 Å². The summed E-state index contributed by atoms with van der Waals surface area (Å²) < 4.78 is 5.45. The molecule has 4 heteroatoms. The van der Waals surface area contributed by atoms with Gasteiger partial charge in [0.05, 0.1) is 0 Å². The first kappa shape index (κ1) is 17.2. The van der Waals surface area contributed by atoms with Crippen molar-refractivity contribution < 1.29 is 9.53 Å². The second kappa shape index (κ2) is 9.00. The van der Waals surface area contributed by atoms with Gasteiger partial charge in [-0.25, -0.2) is 0 Å². The summed E-state index contributed by atoms with van der Waals surface area (Å²) in [6.45, 7) is 4.93. The molecule has 2 saturated heterocycles. The van der Waals surface area contributed by atoms with Crippen molar-refractivity contribution in [2.45, 2.75) is 31.7 Å². The van der Waals surface area contributed by atoms with Crippen molar-refractivity contribution in [2.24, 2.45) is 5.92 Å². The summed E-state index contributed by atoms with van der Waals surface area (Å²) in [7, 11) is 0. The van der Waals surface area contributed by atoms with E-state index in [4.69, 9.17) is 4.74 Å². The van der Waals surface area contributed by atoms with Gasteiger partial charge in [-0.1, -0.05) is 30.3 Å². The number of likely N-dealkylation sites (tertiary alicyclic amines) is 1. The standard InChI is InChI=1S/C20H28N2O2/c23-20(7-6-17-4-2-1-3-5-17)21-16-18-8-12-22(13-9-18)19-10-14-24-15-11-19/h1-7,18-19H,8-16H2,(H,21,23)/b7-6+. The van der Waals surface area contributed by atoms with Crippen LogP contribution in [0.3, 0.4) is 0 Å². The van der Waals surface area contributed by atoms with E-state index in [2.05, 4.69) is 10.2 Å². The van der Waals surface area contributed by atoms with Gasteiger partial charge in [0.25, 0.3) is 0 Å². The maximum atomic E-state index is 11.9. The molecule has 0 saturated carbocycles. The predicted molar refractivity (Wildman–Crippen MR) is 96.6 cm³/mol. The maximum Gasteiger partial charge on any atom is 0.244 e. The highest BCUT2D eigenvalue weighted by molar-refractivity contribution is 5.91. The molecule has 2 fully saturated rings. The van der Waals surface area contributed by atoms with E-state index >= 15 is 0 Å². The number of carbonyl (C=O) groups excluding carboxylic acids is 1. The molecular weight excluding hydrogens is 300 g/mol. The second-order valence-corrected chi connectivity index (χ2v) is 6.81. The molecule has 0 unspecified atom stereocenters. The van der Waals surface area contributed by atoms with Crippen LogP contribution in [0.15, 0.2) is 36.4 Å². The summed E-state index contributed by atoms with van der Waals surface area (Å²) >= 11 is 0. The molecule has 1 aromatic rings. The molecule has 1 aromatic carbocycles. The molecular formula is C20H28N2O2. The van der Waals surface area contributed by atoms with Crippen LogP contribution < -0.4 is 5.32 Å². The minimum atomic E-state index is 0.00529. The molecule has 1 amide bonds. The molecule has 4 nitrogen and oxygen atoms in total. The van der Waals surface area contributed by atoms with E-state index in [1.54, 1.807) is 6.08 Å². The number of nitrogens with one attached hydrogen (secondary N) is 1. The fourth-order valence-corrected chi connectivity index (χ4v) is 3.61. The van der Waals surface area contributed by atoms with Crippen LogP contribution in [-0.2, 0) is 9.53 Å². The Kier molecular flexibility index (Phi) is 6.44. The van der Waals surface area contributed by atoms with Gasteiger partial charge >= 0.3 is 0 Å². The van der Waals surface area contributed by atoms with Crippen molar-refractivity contribution in [3.05, 3.63) is 42.0 Å². The number of hydrogen-bond acceptors (Lipinski definition) is 3. The third kappa shape index (κ3) is 5.18. The second-order valence-electron chi connectivity index (χ2n) is 6.81. The number of benzene rings is 1. The summed E-state index contributed by atoms with van der Waals surface area (Å²) in [5.74, 6) is 0.612. The Bertz CT molecular complexity index is 530. The van der Waals surface area contributed by atoms with E-state index in [0.29, 0.717) is 12.0 Å². The van der Waals surface area contributed by atoms with Gasteiger partial charge in [-0.2, -0.15) is 0 Å². The minimum absolute atomic E-state index is 0.00529. The van der Waals surface area contributed by atoms with Crippen LogP contribution in [0.2, 0.25) is 0 Å². The van der Waals surface area contributed by atoms with Crippen LogP contribution in [-0.4, -0.2) is 49.7 Å². The van der Waals surface area contributed by atoms with Crippen LogP contribution in [0.25, 0.3) is 6.08 Å². The third-order valence-corrected chi connectivity index (χ3v) is 5.15. The molecule has 1 N–H and O–H groups in total. The molecule has 2 aliphatic rings. The molecule has 130 valence electrons. The van der Waals surface area contributed by atoms with Gasteiger partial charge in [-0.3, -0.25) is 4.79 Å². The first-order valence-electron chi connectivity index (χ1n) is 9.14. The number of nitrogens with zero attached hydrogens (tertiary/aromatic N) is 1. The Morgan fingerprint density at radius 1 is 1.12 bits per heavy atom. The Hall–Kier alpha value is -1.65. The van der Waals surface area contributed by atoms with Crippen molar-refractivity contribution in [1.82, 2.24) is 10.2 Å². The monoisotopic (exact) mass is 328 g/mol. The van der Waals surface area contributed by atoms with E-state index in [-0.39, 0.29) is 5.91 Å². The van der Waals surface area contributed by atoms with Crippen molar-refractivity contribution in [3.63, 3.8) is 0 Å². The summed E-state index contributed by atoms with van der Waals surface area (Å²) in [6.07, 6.45) is 8.20. The highest BCUT2D eigenvalue weighted by Crippen LogP contribution is 2.22. The molecule has 0 aliphatic carbocycles. The lowest BCUT2D eigenvalue weighted by Gasteiger charge is -2.39. The lowest BCUT2D eigenvalue weighted by molar-refractivity contribution is -0.116. The Morgan fingerprint density at radius 3 is 2.54 bits per heavy atom. The fraction of sp³-hybridized carbons (Fsp3) is 0.550. The summed E-state index contributed by atoms with van der Waals surface area (Å²) in [4.78, 5) is 14.6. The van der Waals surface area contributed by atoms with Gasteiger partial charge < -0.3 is 15.0 Å². The summed E-state index contributed by atoms with van der Waals surface area (Å²) in [5.41, 5.74) is 1.05. The summed E-state index contributed by atoms with van der Waals surface area (Å²) in [5, 5.41) is 3.05. The SMILES string of the molecule is O=C(/C=C/c1ccccc1)NCC1CCN(C2CCOCC2)CC1. The Morgan fingerprint density at radius 2 is 1.83 bits per heavy atom. The molecule has 0 spiro atoms. The third-order valence-electron chi connectivity index (χ3n) is 5.15. The summed E-state index contributed by atoms with van der Waals surface area (Å²) in [6, 6.07) is 10.6. The molecule has 2 heterocycles. The zero-order valence-corrected chi connectivity index (χ0v) is 14.3. The van der Waals surface area contributed by atoms with Crippen molar-refractivity contribution in [2.75, 3.05) is 32.8 Å². The number of amides is 1. The number of ether oxygens (including phenoxy) is 1. The number of hydrogen-bond donors (Lipinski definition) is 1. The van der Waals surface area contributed by atoms with Crippen molar-refractivity contribution in [3.8, 4) is 0 Å². The van der Waals surface area contributed by atoms with E-state index < -0.39 is 0 Å².